The van der Waals surface area contributed by atoms with Gasteiger partial charge in [-0.2, -0.15) is 5.10 Å². The third-order valence-electron chi connectivity index (χ3n) is 3.87. The molecule has 0 saturated heterocycles. The minimum absolute atomic E-state index is 0.0289. The molecule has 0 spiro atoms. The van der Waals surface area contributed by atoms with Crippen LogP contribution in [-0.4, -0.2) is 27.6 Å². The number of hydrogen-bond acceptors (Lipinski definition) is 6. The fourth-order valence-corrected chi connectivity index (χ4v) is 4.27. The maximum Gasteiger partial charge on any atom is 0.271 e. The lowest BCUT2D eigenvalue weighted by Gasteiger charge is -2.09. The number of benzene rings is 2. The lowest BCUT2D eigenvalue weighted by molar-refractivity contribution is 0.0955. The van der Waals surface area contributed by atoms with Crippen molar-refractivity contribution in [3.8, 4) is 5.75 Å². The molecule has 0 unspecified atom stereocenters. The number of nitrogens with zero attached hydrogens (tertiary/aromatic N) is 1. The van der Waals surface area contributed by atoms with E-state index in [9.17, 15) is 13.2 Å². The predicted molar refractivity (Wildman–Crippen MR) is 114 cm³/mol. The van der Waals surface area contributed by atoms with Gasteiger partial charge in [0.05, 0.1) is 18.2 Å². The summed E-state index contributed by atoms with van der Waals surface area (Å²) in [5.41, 5.74) is 2.97. The van der Waals surface area contributed by atoms with Crippen molar-refractivity contribution in [3.05, 3.63) is 76.0 Å². The maximum atomic E-state index is 12.6. The highest BCUT2D eigenvalue weighted by molar-refractivity contribution is 7.92. The average molecular weight is 430 g/mol. The Bertz CT molecular complexity index is 1140. The normalized spacial score (nSPS) is 11.4. The quantitative estimate of drug-likeness (QED) is 0.443. The van der Waals surface area contributed by atoms with Crippen molar-refractivity contribution < 1.29 is 17.9 Å². The van der Waals surface area contributed by atoms with Crippen molar-refractivity contribution in [3.63, 3.8) is 0 Å². The number of methoxy groups -OCH3 is 1. The predicted octanol–water partition coefficient (Wildman–Crippen LogP) is 3.63. The number of aryl methyl sites for hydroxylation is 1. The summed E-state index contributed by atoms with van der Waals surface area (Å²) in [6.45, 7) is 1.98. The Hall–Kier alpha value is -3.17. The first-order valence-corrected chi connectivity index (χ1v) is 10.8. The second kappa shape index (κ2) is 8.89. The molecule has 1 amide bonds. The summed E-state index contributed by atoms with van der Waals surface area (Å²) >= 11 is 1.55. The molecular formula is C20H19N3O4S2. The maximum absolute atomic E-state index is 12.6. The van der Waals surface area contributed by atoms with Gasteiger partial charge in [0.1, 0.15) is 5.75 Å². The first-order chi connectivity index (χ1) is 13.9. The number of carbonyl (C=O) groups is 1. The lowest BCUT2D eigenvalue weighted by atomic mass is 10.2. The second-order valence-electron chi connectivity index (χ2n) is 6.01. The summed E-state index contributed by atoms with van der Waals surface area (Å²) in [7, 11) is -2.33. The fraction of sp³-hybridized carbons (Fsp3) is 0.100. The van der Waals surface area contributed by atoms with E-state index in [-0.39, 0.29) is 10.5 Å². The monoisotopic (exact) mass is 429 g/mol. The molecule has 3 aromatic rings. The molecule has 0 aliphatic rings. The standard InChI is InChI=1S/C20H19N3O4S2/c1-14-6-11-18(28-14)13-21-22-20(24)15-4-3-5-19(12-15)29(25,26)23-16-7-9-17(27-2)10-8-16/h3-13,23H,1-2H3,(H,22,24)/b21-13+. The van der Waals surface area contributed by atoms with Crippen LogP contribution in [0.3, 0.4) is 0 Å². The van der Waals surface area contributed by atoms with Gasteiger partial charge in [0.15, 0.2) is 0 Å². The number of hydrogen-bond donors (Lipinski definition) is 2. The summed E-state index contributed by atoms with van der Waals surface area (Å²) < 4.78 is 32.8. The highest BCUT2D eigenvalue weighted by Gasteiger charge is 2.16. The molecule has 9 heteroatoms. The number of ether oxygens (including phenoxy) is 1. The van der Waals surface area contributed by atoms with Crippen molar-refractivity contribution >= 4 is 39.2 Å². The Morgan fingerprint density at radius 1 is 1.10 bits per heavy atom. The molecule has 7 nitrogen and oxygen atoms in total. The molecule has 2 N–H and O–H groups in total. The van der Waals surface area contributed by atoms with E-state index in [2.05, 4.69) is 15.2 Å². The number of thiophene rings is 1. The summed E-state index contributed by atoms with van der Waals surface area (Å²) in [6, 6.07) is 16.1. The van der Waals surface area contributed by atoms with Gasteiger partial charge >= 0.3 is 0 Å². The Morgan fingerprint density at radius 3 is 2.52 bits per heavy atom. The molecule has 150 valence electrons. The highest BCUT2D eigenvalue weighted by atomic mass is 32.2. The first kappa shape index (κ1) is 20.6. The number of anilines is 1. The number of rotatable bonds is 7. The highest BCUT2D eigenvalue weighted by Crippen LogP contribution is 2.20. The molecule has 1 aromatic heterocycles. The Balaban J connectivity index is 1.71. The zero-order chi connectivity index (χ0) is 20.9. The Kier molecular flexibility index (Phi) is 6.30. The zero-order valence-corrected chi connectivity index (χ0v) is 17.4. The molecule has 0 radical (unpaired) electrons. The third kappa shape index (κ3) is 5.43. The number of sulfonamides is 1. The van der Waals surface area contributed by atoms with E-state index in [1.54, 1.807) is 41.8 Å². The smallest absolute Gasteiger partial charge is 0.271 e. The van der Waals surface area contributed by atoms with Gasteiger partial charge in [-0.15, -0.1) is 11.3 Å². The molecule has 0 fully saturated rings. The van der Waals surface area contributed by atoms with Crippen molar-refractivity contribution in [2.75, 3.05) is 11.8 Å². The van der Waals surface area contributed by atoms with Gasteiger partial charge < -0.3 is 4.74 Å². The van der Waals surface area contributed by atoms with E-state index in [1.807, 2.05) is 19.1 Å². The number of amides is 1. The molecule has 1 heterocycles. The summed E-state index contributed by atoms with van der Waals surface area (Å²) in [5, 5.41) is 3.92. The number of hydrazone groups is 1. The first-order valence-electron chi connectivity index (χ1n) is 8.54. The third-order valence-corrected chi connectivity index (χ3v) is 6.18. The van der Waals surface area contributed by atoms with Crippen LogP contribution in [0.15, 0.2) is 70.7 Å². The molecule has 0 aliphatic carbocycles. The van der Waals surface area contributed by atoms with E-state index < -0.39 is 15.9 Å². The summed E-state index contributed by atoms with van der Waals surface area (Å²) in [4.78, 5) is 14.3. The summed E-state index contributed by atoms with van der Waals surface area (Å²) in [6.07, 6.45) is 1.54. The Morgan fingerprint density at radius 2 is 1.86 bits per heavy atom. The van der Waals surface area contributed by atoms with Crippen molar-refractivity contribution in [1.29, 1.82) is 0 Å². The lowest BCUT2D eigenvalue weighted by Crippen LogP contribution is -2.19. The molecule has 2 aromatic carbocycles. The molecular weight excluding hydrogens is 410 g/mol. The van der Waals surface area contributed by atoms with Gasteiger partial charge in [-0.25, -0.2) is 13.8 Å². The van der Waals surface area contributed by atoms with Crippen LogP contribution in [0.1, 0.15) is 20.1 Å². The van der Waals surface area contributed by atoms with Gasteiger partial charge in [-0.1, -0.05) is 6.07 Å². The molecule has 0 atom stereocenters. The molecule has 3 rings (SSSR count). The van der Waals surface area contributed by atoms with E-state index in [0.717, 1.165) is 9.75 Å². The molecule has 0 bridgehead atoms. The SMILES string of the molecule is COc1ccc(NS(=O)(=O)c2cccc(C(=O)N/N=C/c3ccc(C)s3)c2)cc1. The van der Waals surface area contributed by atoms with Crippen molar-refractivity contribution in [2.24, 2.45) is 5.10 Å². The van der Waals surface area contributed by atoms with E-state index in [1.165, 1.54) is 31.4 Å². The van der Waals surface area contributed by atoms with Crippen LogP contribution >= 0.6 is 11.3 Å². The topological polar surface area (TPSA) is 96.9 Å². The fourth-order valence-electron chi connectivity index (χ4n) is 2.42. The van der Waals surface area contributed by atoms with Crippen LogP contribution in [0.4, 0.5) is 5.69 Å². The van der Waals surface area contributed by atoms with Crippen LogP contribution in [0.5, 0.6) is 5.75 Å². The van der Waals surface area contributed by atoms with Crippen LogP contribution in [0.25, 0.3) is 0 Å². The number of carbonyl (C=O) groups excluding carboxylic acids is 1. The van der Waals surface area contributed by atoms with Crippen LogP contribution < -0.4 is 14.9 Å². The van der Waals surface area contributed by atoms with Crippen LogP contribution in [-0.2, 0) is 10.0 Å². The van der Waals surface area contributed by atoms with Gasteiger partial charge in [-0.05, 0) is 61.5 Å². The van der Waals surface area contributed by atoms with Gasteiger partial charge in [-0.3, -0.25) is 9.52 Å². The Labute approximate surface area is 173 Å². The minimum Gasteiger partial charge on any atom is -0.497 e. The second-order valence-corrected chi connectivity index (χ2v) is 9.01. The van der Waals surface area contributed by atoms with Gasteiger partial charge in [0.25, 0.3) is 15.9 Å². The van der Waals surface area contributed by atoms with Crippen molar-refractivity contribution in [2.45, 2.75) is 11.8 Å². The summed E-state index contributed by atoms with van der Waals surface area (Å²) in [5.74, 6) is 0.112. The largest absolute Gasteiger partial charge is 0.497 e. The minimum atomic E-state index is -3.86. The molecule has 0 aliphatic heterocycles. The molecule has 29 heavy (non-hydrogen) atoms. The van der Waals surface area contributed by atoms with Gasteiger partial charge in [0.2, 0.25) is 0 Å². The van der Waals surface area contributed by atoms with E-state index >= 15 is 0 Å². The van der Waals surface area contributed by atoms with E-state index in [4.69, 9.17) is 4.74 Å². The van der Waals surface area contributed by atoms with Crippen LogP contribution in [0, 0.1) is 6.92 Å². The zero-order valence-electron chi connectivity index (χ0n) is 15.7. The number of nitrogens with one attached hydrogen (secondary N) is 2. The van der Waals surface area contributed by atoms with Crippen LogP contribution in [0.2, 0.25) is 0 Å². The van der Waals surface area contributed by atoms with Gasteiger partial charge in [0, 0.05) is 21.0 Å². The van der Waals surface area contributed by atoms with Crippen molar-refractivity contribution in [1.82, 2.24) is 5.43 Å². The van der Waals surface area contributed by atoms with E-state index in [0.29, 0.717) is 11.4 Å². The average Bonchev–Trinajstić information content (AvgIpc) is 3.13. The molecule has 0 saturated carbocycles.